The van der Waals surface area contributed by atoms with E-state index in [2.05, 4.69) is 15.9 Å². The summed E-state index contributed by atoms with van der Waals surface area (Å²) in [6, 6.07) is 13.9. The van der Waals surface area contributed by atoms with Crippen molar-refractivity contribution in [1.29, 1.82) is 0 Å². The van der Waals surface area contributed by atoms with Crippen LogP contribution in [0.3, 0.4) is 0 Å². The maximum atomic E-state index is 10.5. The smallest absolute Gasteiger partial charge is 0.162 e. The van der Waals surface area contributed by atoms with Crippen LogP contribution >= 0.6 is 0 Å². The minimum atomic E-state index is -0.374. The number of hydrogen-bond donors (Lipinski definition) is 1. The van der Waals surface area contributed by atoms with Gasteiger partial charge in [-0.15, -0.1) is 0 Å². The first kappa shape index (κ1) is 20.3. The number of piperazine rings is 1. The van der Waals surface area contributed by atoms with Crippen molar-refractivity contribution in [2.45, 2.75) is 12.5 Å². The highest BCUT2D eigenvalue weighted by Gasteiger charge is 2.20. The van der Waals surface area contributed by atoms with Gasteiger partial charge in [0.2, 0.25) is 0 Å². The molecule has 152 valence electrons. The Hall–Kier alpha value is -2.44. The Morgan fingerprint density at radius 3 is 2.14 bits per heavy atom. The van der Waals surface area contributed by atoms with E-state index >= 15 is 0 Å². The lowest BCUT2D eigenvalue weighted by atomic mass is 10.1. The topological polar surface area (TPSA) is 54.4 Å². The second kappa shape index (κ2) is 9.66. The van der Waals surface area contributed by atoms with Crippen LogP contribution in [0, 0.1) is 0 Å². The number of β-amino-alcohol motifs (C(OH)–C–C–N with tert-alkyl or cyclic N) is 1. The van der Waals surface area contributed by atoms with Crippen molar-refractivity contribution in [3.8, 4) is 17.2 Å². The lowest BCUT2D eigenvalue weighted by molar-refractivity contribution is 0.109. The predicted molar refractivity (Wildman–Crippen MR) is 111 cm³/mol. The van der Waals surface area contributed by atoms with E-state index in [4.69, 9.17) is 14.2 Å². The van der Waals surface area contributed by atoms with E-state index in [1.54, 1.807) is 21.3 Å². The molecule has 2 aromatic carbocycles. The number of ether oxygens (including phenoxy) is 3. The Kier molecular flexibility index (Phi) is 7.01. The van der Waals surface area contributed by atoms with Crippen LogP contribution in [-0.4, -0.2) is 70.2 Å². The molecule has 1 saturated heterocycles. The molecule has 0 saturated carbocycles. The van der Waals surface area contributed by atoms with Crippen molar-refractivity contribution in [3.63, 3.8) is 0 Å². The SMILES string of the molecule is COc1ccc(CC(O)CN2CCN(c3ccc(OC)c(OC)c3)CC2)cc1. The van der Waals surface area contributed by atoms with Gasteiger partial charge in [0.25, 0.3) is 0 Å². The molecule has 3 rings (SSSR count). The van der Waals surface area contributed by atoms with Crippen LogP contribution in [-0.2, 0) is 6.42 Å². The number of benzene rings is 2. The van der Waals surface area contributed by atoms with Gasteiger partial charge in [-0.05, 0) is 36.2 Å². The van der Waals surface area contributed by atoms with Crippen LogP contribution < -0.4 is 19.1 Å². The first-order chi connectivity index (χ1) is 13.6. The summed E-state index contributed by atoms with van der Waals surface area (Å²) in [5.74, 6) is 2.33. The molecule has 1 heterocycles. The number of methoxy groups -OCH3 is 3. The lowest BCUT2D eigenvalue weighted by Gasteiger charge is -2.37. The summed E-state index contributed by atoms with van der Waals surface area (Å²) in [6.45, 7) is 4.38. The van der Waals surface area contributed by atoms with Crippen LogP contribution in [0.25, 0.3) is 0 Å². The van der Waals surface area contributed by atoms with Crippen molar-refractivity contribution in [3.05, 3.63) is 48.0 Å². The zero-order chi connectivity index (χ0) is 19.9. The third-order valence-corrected chi connectivity index (χ3v) is 5.20. The molecule has 2 aromatic rings. The van der Waals surface area contributed by atoms with Crippen molar-refractivity contribution in [2.75, 3.05) is 59.0 Å². The van der Waals surface area contributed by atoms with Gasteiger partial charge in [0.1, 0.15) is 5.75 Å². The molecule has 1 aliphatic heterocycles. The van der Waals surface area contributed by atoms with Crippen molar-refractivity contribution in [2.24, 2.45) is 0 Å². The number of nitrogens with zero attached hydrogens (tertiary/aromatic N) is 2. The molecule has 0 aliphatic carbocycles. The van der Waals surface area contributed by atoms with E-state index in [-0.39, 0.29) is 6.10 Å². The van der Waals surface area contributed by atoms with E-state index in [9.17, 15) is 5.11 Å². The van der Waals surface area contributed by atoms with Gasteiger partial charge < -0.3 is 24.2 Å². The maximum absolute atomic E-state index is 10.5. The van der Waals surface area contributed by atoms with Gasteiger partial charge in [-0.2, -0.15) is 0 Å². The quantitative estimate of drug-likeness (QED) is 0.752. The summed E-state index contributed by atoms with van der Waals surface area (Å²) < 4.78 is 15.9. The van der Waals surface area contributed by atoms with Gasteiger partial charge in [0.15, 0.2) is 11.5 Å². The zero-order valence-electron chi connectivity index (χ0n) is 16.9. The molecule has 1 fully saturated rings. The maximum Gasteiger partial charge on any atom is 0.162 e. The fourth-order valence-electron chi connectivity index (χ4n) is 3.61. The second-order valence-corrected chi connectivity index (χ2v) is 7.03. The van der Waals surface area contributed by atoms with Crippen LogP contribution in [0.15, 0.2) is 42.5 Å². The normalized spacial score (nSPS) is 15.9. The van der Waals surface area contributed by atoms with Gasteiger partial charge in [-0.25, -0.2) is 0 Å². The zero-order valence-corrected chi connectivity index (χ0v) is 16.9. The van der Waals surface area contributed by atoms with E-state index in [1.165, 1.54) is 0 Å². The molecule has 1 aliphatic rings. The molecular weight excluding hydrogens is 356 g/mol. The van der Waals surface area contributed by atoms with Gasteiger partial charge in [0, 0.05) is 44.5 Å². The molecule has 1 atom stereocenters. The minimum absolute atomic E-state index is 0.374. The molecule has 0 spiro atoms. The number of hydrogen-bond acceptors (Lipinski definition) is 6. The molecule has 0 amide bonds. The summed E-state index contributed by atoms with van der Waals surface area (Å²) in [5.41, 5.74) is 2.26. The Morgan fingerprint density at radius 2 is 1.54 bits per heavy atom. The van der Waals surface area contributed by atoms with Crippen LogP contribution in [0.2, 0.25) is 0 Å². The summed E-state index contributed by atoms with van der Waals surface area (Å²) in [4.78, 5) is 4.67. The first-order valence-corrected chi connectivity index (χ1v) is 9.63. The summed E-state index contributed by atoms with van der Waals surface area (Å²) >= 11 is 0. The van der Waals surface area contributed by atoms with Crippen LogP contribution in [0.5, 0.6) is 17.2 Å². The Labute approximate surface area is 167 Å². The van der Waals surface area contributed by atoms with E-state index < -0.39 is 0 Å². The second-order valence-electron chi connectivity index (χ2n) is 7.03. The first-order valence-electron chi connectivity index (χ1n) is 9.63. The van der Waals surface area contributed by atoms with E-state index in [1.807, 2.05) is 36.4 Å². The molecule has 28 heavy (non-hydrogen) atoms. The minimum Gasteiger partial charge on any atom is -0.497 e. The number of aliphatic hydroxyl groups excluding tert-OH is 1. The third-order valence-electron chi connectivity index (χ3n) is 5.20. The molecule has 0 bridgehead atoms. The standard InChI is InChI=1S/C22H30N2O4/c1-26-20-7-4-17(5-8-20)14-19(25)16-23-10-12-24(13-11-23)18-6-9-21(27-2)22(15-18)28-3/h4-9,15,19,25H,10-14,16H2,1-3H3. The van der Waals surface area contributed by atoms with Crippen LogP contribution in [0.1, 0.15) is 5.56 Å². The molecule has 1 N–H and O–H groups in total. The molecule has 6 nitrogen and oxygen atoms in total. The number of rotatable bonds is 8. The largest absolute Gasteiger partial charge is 0.497 e. The summed E-state index contributed by atoms with van der Waals surface area (Å²) in [5, 5.41) is 10.5. The lowest BCUT2D eigenvalue weighted by Crippen LogP contribution is -2.48. The highest BCUT2D eigenvalue weighted by Crippen LogP contribution is 2.31. The monoisotopic (exact) mass is 386 g/mol. The fraction of sp³-hybridized carbons (Fsp3) is 0.455. The number of aliphatic hydroxyl groups is 1. The van der Waals surface area contributed by atoms with Gasteiger partial charge >= 0.3 is 0 Å². The fourth-order valence-corrected chi connectivity index (χ4v) is 3.61. The average molecular weight is 386 g/mol. The molecule has 0 radical (unpaired) electrons. The van der Waals surface area contributed by atoms with Crippen LogP contribution in [0.4, 0.5) is 5.69 Å². The van der Waals surface area contributed by atoms with Crippen molar-refractivity contribution >= 4 is 5.69 Å². The van der Waals surface area contributed by atoms with Crippen molar-refractivity contribution < 1.29 is 19.3 Å². The Morgan fingerprint density at radius 1 is 0.857 bits per heavy atom. The molecule has 6 heteroatoms. The highest BCUT2D eigenvalue weighted by atomic mass is 16.5. The molecule has 0 aromatic heterocycles. The third kappa shape index (κ3) is 5.09. The summed E-state index contributed by atoms with van der Waals surface area (Å²) in [6.07, 6.45) is 0.279. The highest BCUT2D eigenvalue weighted by molar-refractivity contribution is 5.56. The van der Waals surface area contributed by atoms with Gasteiger partial charge in [-0.1, -0.05) is 12.1 Å². The van der Waals surface area contributed by atoms with Crippen molar-refractivity contribution in [1.82, 2.24) is 4.90 Å². The van der Waals surface area contributed by atoms with Gasteiger partial charge in [0.05, 0.1) is 27.4 Å². The van der Waals surface area contributed by atoms with Gasteiger partial charge in [-0.3, -0.25) is 4.90 Å². The van der Waals surface area contributed by atoms with E-state index in [0.717, 1.165) is 54.7 Å². The van der Waals surface area contributed by atoms with E-state index in [0.29, 0.717) is 13.0 Å². The average Bonchev–Trinajstić information content (AvgIpc) is 2.74. The number of anilines is 1. The Bertz CT molecular complexity index is 743. The summed E-state index contributed by atoms with van der Waals surface area (Å²) in [7, 11) is 4.96. The molecular formula is C22H30N2O4. The predicted octanol–water partition coefficient (Wildman–Crippen LogP) is 2.44. The molecule has 1 unspecified atom stereocenters. The Balaban J connectivity index is 1.49.